The molecule has 0 saturated carbocycles. The highest BCUT2D eigenvalue weighted by Gasteiger charge is 2.17. The molecule has 1 N–H and O–H groups in total. The van der Waals surface area contributed by atoms with Gasteiger partial charge in [0.25, 0.3) is 0 Å². The van der Waals surface area contributed by atoms with Crippen LogP contribution in [0.2, 0.25) is 0 Å². The van der Waals surface area contributed by atoms with Crippen LogP contribution >= 0.6 is 11.6 Å². The average Bonchev–Trinajstić information content (AvgIpc) is 2.35. The molecule has 1 rings (SSSR count). The number of carbonyl (C=O) groups excluding carboxylic acids is 1. The zero-order valence-electron chi connectivity index (χ0n) is 10.2. The van der Waals surface area contributed by atoms with E-state index in [0.29, 0.717) is 0 Å². The van der Waals surface area contributed by atoms with Crippen LogP contribution in [0.4, 0.5) is 10.1 Å². The van der Waals surface area contributed by atoms with Crippen molar-refractivity contribution in [2.45, 2.75) is 6.42 Å². The number of hydrogen-bond donors (Lipinski definition) is 1. The van der Waals surface area contributed by atoms with E-state index in [9.17, 15) is 17.6 Å². The second kappa shape index (κ2) is 6.72. The minimum Gasteiger partial charge on any atom is -0.465 e. The summed E-state index contributed by atoms with van der Waals surface area (Å²) in [7, 11) is -2.54. The summed E-state index contributed by atoms with van der Waals surface area (Å²) in [6.07, 6.45) is 0.250. The number of halogens is 2. The molecule has 19 heavy (non-hydrogen) atoms. The van der Waals surface area contributed by atoms with Gasteiger partial charge in [-0.3, -0.25) is 4.72 Å². The summed E-state index contributed by atoms with van der Waals surface area (Å²) in [4.78, 5) is 11.4. The molecule has 0 unspecified atom stereocenters. The molecule has 8 heteroatoms. The summed E-state index contributed by atoms with van der Waals surface area (Å²) in [5.41, 5.74) is -0.209. The number of anilines is 1. The summed E-state index contributed by atoms with van der Waals surface area (Å²) in [5.74, 6) is -1.45. The lowest BCUT2D eigenvalue weighted by molar-refractivity contribution is 0.0602. The van der Waals surface area contributed by atoms with Crippen LogP contribution in [-0.2, 0) is 14.8 Å². The second-order valence-corrected chi connectivity index (χ2v) is 5.86. The normalized spacial score (nSPS) is 11.1. The van der Waals surface area contributed by atoms with Crippen molar-refractivity contribution in [3.63, 3.8) is 0 Å². The van der Waals surface area contributed by atoms with Crippen LogP contribution in [0.1, 0.15) is 16.8 Å². The number of ether oxygens (including phenoxy) is 1. The predicted octanol–water partition coefficient (Wildman–Crippen LogP) is 1.98. The Bertz CT molecular complexity index is 562. The highest BCUT2D eigenvalue weighted by Crippen LogP contribution is 2.20. The molecule has 1 aromatic rings. The van der Waals surface area contributed by atoms with Gasteiger partial charge >= 0.3 is 5.97 Å². The van der Waals surface area contributed by atoms with Crippen molar-refractivity contribution in [3.05, 3.63) is 29.6 Å². The third-order valence-corrected chi connectivity index (χ3v) is 3.82. The number of alkyl halides is 1. The number of hydrogen-bond acceptors (Lipinski definition) is 4. The lowest BCUT2D eigenvalue weighted by Gasteiger charge is -2.11. The second-order valence-electron chi connectivity index (χ2n) is 3.64. The molecule has 0 atom stereocenters. The Hall–Kier alpha value is -1.34. The van der Waals surface area contributed by atoms with E-state index in [2.05, 4.69) is 9.46 Å². The van der Waals surface area contributed by atoms with Crippen molar-refractivity contribution in [3.8, 4) is 0 Å². The van der Waals surface area contributed by atoms with E-state index in [0.717, 1.165) is 25.3 Å². The number of sulfonamides is 1. The molecule has 0 amide bonds. The van der Waals surface area contributed by atoms with Crippen molar-refractivity contribution in [2.75, 3.05) is 23.5 Å². The number of carbonyl (C=O) groups is 1. The lowest BCUT2D eigenvalue weighted by atomic mass is 10.2. The fraction of sp³-hybridized carbons (Fsp3) is 0.364. The van der Waals surface area contributed by atoms with E-state index >= 15 is 0 Å². The van der Waals surface area contributed by atoms with Gasteiger partial charge in [0.1, 0.15) is 5.82 Å². The largest absolute Gasteiger partial charge is 0.465 e. The van der Waals surface area contributed by atoms with Crippen LogP contribution in [0.5, 0.6) is 0 Å². The van der Waals surface area contributed by atoms with E-state index in [1.807, 2.05) is 0 Å². The van der Waals surface area contributed by atoms with Crippen molar-refractivity contribution in [1.82, 2.24) is 0 Å². The molecule has 0 aliphatic heterocycles. The smallest absolute Gasteiger partial charge is 0.339 e. The van der Waals surface area contributed by atoms with E-state index in [4.69, 9.17) is 11.6 Å². The molecule has 1 aromatic carbocycles. The number of methoxy groups -OCH3 is 1. The predicted molar refractivity (Wildman–Crippen MR) is 70.5 cm³/mol. The molecule has 5 nitrogen and oxygen atoms in total. The van der Waals surface area contributed by atoms with E-state index in [-0.39, 0.29) is 29.3 Å². The topological polar surface area (TPSA) is 72.5 Å². The summed E-state index contributed by atoms with van der Waals surface area (Å²) in [6.45, 7) is 0. The average molecular weight is 310 g/mol. The first-order chi connectivity index (χ1) is 8.89. The third-order valence-electron chi connectivity index (χ3n) is 2.20. The minimum atomic E-state index is -3.69. The maximum absolute atomic E-state index is 13.1. The van der Waals surface area contributed by atoms with Gasteiger partial charge in [0.2, 0.25) is 10.0 Å². The van der Waals surface area contributed by atoms with Crippen LogP contribution in [0, 0.1) is 5.82 Å². The summed E-state index contributed by atoms with van der Waals surface area (Å²) in [5, 5.41) is 0. The monoisotopic (exact) mass is 309 g/mol. The molecule has 0 aliphatic carbocycles. The SMILES string of the molecule is COC(=O)c1ccc(F)cc1NS(=O)(=O)CCCCl. The molecule has 0 aliphatic rings. The third kappa shape index (κ3) is 4.68. The number of rotatable bonds is 6. The molecular weight excluding hydrogens is 297 g/mol. The number of benzene rings is 1. The molecule has 0 spiro atoms. The minimum absolute atomic E-state index is 0.0571. The first kappa shape index (κ1) is 15.7. The van der Waals surface area contributed by atoms with Crippen LogP contribution in [-0.4, -0.2) is 33.1 Å². The van der Waals surface area contributed by atoms with Crippen molar-refractivity contribution in [2.24, 2.45) is 0 Å². The Kier molecular flexibility index (Phi) is 5.56. The van der Waals surface area contributed by atoms with Gasteiger partial charge in [-0.2, -0.15) is 0 Å². The first-order valence-electron chi connectivity index (χ1n) is 5.34. The lowest BCUT2D eigenvalue weighted by Crippen LogP contribution is -2.19. The van der Waals surface area contributed by atoms with Gasteiger partial charge in [-0.05, 0) is 24.6 Å². The maximum atomic E-state index is 13.1. The van der Waals surface area contributed by atoms with Crippen molar-refractivity contribution >= 4 is 33.3 Å². The summed E-state index contributed by atoms with van der Waals surface area (Å²) in [6, 6.07) is 3.12. The van der Waals surface area contributed by atoms with Crippen LogP contribution in [0.3, 0.4) is 0 Å². The molecule has 0 fully saturated rings. The van der Waals surface area contributed by atoms with E-state index in [1.165, 1.54) is 0 Å². The Morgan fingerprint density at radius 1 is 1.47 bits per heavy atom. The molecule has 0 heterocycles. The Balaban J connectivity index is 3.05. The first-order valence-corrected chi connectivity index (χ1v) is 7.52. The van der Waals surface area contributed by atoms with Gasteiger partial charge in [-0.15, -0.1) is 11.6 Å². The number of esters is 1. The van der Waals surface area contributed by atoms with Crippen molar-refractivity contribution < 1.29 is 22.3 Å². The van der Waals surface area contributed by atoms with Gasteiger partial charge in [-0.1, -0.05) is 0 Å². The highest BCUT2D eigenvalue weighted by molar-refractivity contribution is 7.92. The quantitative estimate of drug-likeness (QED) is 0.644. The molecule has 0 aromatic heterocycles. The molecule has 106 valence electrons. The van der Waals surface area contributed by atoms with Crippen LogP contribution in [0.15, 0.2) is 18.2 Å². The standard InChI is InChI=1S/C11H13ClFNO4S/c1-18-11(15)9-4-3-8(13)7-10(9)14-19(16,17)6-2-5-12/h3-4,7,14H,2,5-6H2,1H3. The van der Waals surface area contributed by atoms with E-state index in [1.54, 1.807) is 0 Å². The molecule has 0 saturated heterocycles. The van der Waals surface area contributed by atoms with Gasteiger partial charge in [0, 0.05) is 5.88 Å². The fourth-order valence-electron chi connectivity index (χ4n) is 1.35. The van der Waals surface area contributed by atoms with Crippen molar-refractivity contribution in [1.29, 1.82) is 0 Å². The van der Waals surface area contributed by atoms with Gasteiger partial charge in [-0.25, -0.2) is 17.6 Å². The highest BCUT2D eigenvalue weighted by atomic mass is 35.5. The van der Waals surface area contributed by atoms with Gasteiger partial charge in [0.15, 0.2) is 0 Å². The van der Waals surface area contributed by atoms with E-state index < -0.39 is 21.8 Å². The Morgan fingerprint density at radius 2 is 2.16 bits per heavy atom. The van der Waals surface area contributed by atoms with Crippen LogP contribution < -0.4 is 4.72 Å². The van der Waals surface area contributed by atoms with Gasteiger partial charge < -0.3 is 4.74 Å². The fourth-order valence-corrected chi connectivity index (χ4v) is 2.77. The maximum Gasteiger partial charge on any atom is 0.339 e. The zero-order valence-corrected chi connectivity index (χ0v) is 11.7. The Labute approximate surface area is 115 Å². The zero-order chi connectivity index (χ0) is 14.5. The summed E-state index contributed by atoms with van der Waals surface area (Å²) >= 11 is 5.41. The molecule has 0 radical (unpaired) electrons. The van der Waals surface area contributed by atoms with Gasteiger partial charge in [0.05, 0.1) is 24.1 Å². The summed E-state index contributed by atoms with van der Waals surface area (Å²) < 4.78 is 43.2. The Morgan fingerprint density at radius 3 is 2.74 bits per heavy atom. The molecular formula is C11H13ClFNO4S. The molecule has 0 bridgehead atoms. The van der Waals surface area contributed by atoms with Crippen LogP contribution in [0.25, 0.3) is 0 Å². The number of nitrogens with one attached hydrogen (secondary N) is 1.